The largest absolute Gasteiger partial charge is 0.381 e. The number of likely N-dealkylation sites (N-methyl/N-ethyl adjacent to an activating group) is 1. The summed E-state index contributed by atoms with van der Waals surface area (Å²) in [6, 6.07) is 0.832. The Morgan fingerprint density at radius 1 is 1.25 bits per heavy atom. The Kier molecular flexibility index (Phi) is 9.46. The van der Waals surface area contributed by atoms with Crippen molar-refractivity contribution < 1.29 is 9.47 Å². The third-order valence-electron chi connectivity index (χ3n) is 4.60. The molecule has 0 aromatic rings. The van der Waals surface area contributed by atoms with Crippen molar-refractivity contribution in [3.63, 3.8) is 0 Å². The highest BCUT2D eigenvalue weighted by atomic mass is 16.5. The molecule has 2 aliphatic rings. The normalized spacial score (nSPS) is 21.5. The molecule has 0 aromatic carbocycles. The van der Waals surface area contributed by atoms with Gasteiger partial charge in [0.1, 0.15) is 0 Å². The van der Waals surface area contributed by atoms with Crippen LogP contribution in [0.1, 0.15) is 39.5 Å². The SMILES string of the molecule is CCNC(=NCCCOCC1CCOC1)NCCN(CC)C1CC1. The van der Waals surface area contributed by atoms with E-state index in [1.807, 2.05) is 0 Å². The molecule has 1 atom stereocenters. The number of aliphatic imine (C=N–C) groups is 1. The number of guanidine groups is 1. The van der Waals surface area contributed by atoms with Crippen LogP contribution in [-0.2, 0) is 9.47 Å². The third-order valence-corrected chi connectivity index (χ3v) is 4.60. The highest BCUT2D eigenvalue weighted by molar-refractivity contribution is 5.79. The van der Waals surface area contributed by atoms with Crippen molar-refractivity contribution in [2.45, 2.75) is 45.6 Å². The van der Waals surface area contributed by atoms with E-state index < -0.39 is 0 Å². The van der Waals surface area contributed by atoms with Gasteiger partial charge < -0.3 is 20.1 Å². The summed E-state index contributed by atoms with van der Waals surface area (Å²) in [5, 5.41) is 6.76. The molecule has 1 unspecified atom stereocenters. The van der Waals surface area contributed by atoms with Crippen LogP contribution < -0.4 is 10.6 Å². The molecule has 1 heterocycles. The lowest BCUT2D eigenvalue weighted by molar-refractivity contribution is 0.0893. The van der Waals surface area contributed by atoms with E-state index in [0.717, 1.165) is 84.0 Å². The van der Waals surface area contributed by atoms with Gasteiger partial charge in [-0.3, -0.25) is 9.89 Å². The molecule has 1 saturated heterocycles. The summed E-state index contributed by atoms with van der Waals surface area (Å²) in [7, 11) is 0. The fourth-order valence-electron chi connectivity index (χ4n) is 3.02. The second-order valence-electron chi connectivity index (χ2n) is 6.71. The molecule has 1 aliphatic carbocycles. The number of hydrogen-bond donors (Lipinski definition) is 2. The predicted octanol–water partition coefficient (Wildman–Crippen LogP) is 1.47. The maximum absolute atomic E-state index is 5.72. The molecule has 0 amide bonds. The molecule has 2 fully saturated rings. The van der Waals surface area contributed by atoms with Gasteiger partial charge in [-0.2, -0.15) is 0 Å². The van der Waals surface area contributed by atoms with Crippen molar-refractivity contribution in [3.05, 3.63) is 0 Å². The number of ether oxygens (including phenoxy) is 2. The first-order valence-electron chi connectivity index (χ1n) is 9.75. The molecule has 2 N–H and O–H groups in total. The smallest absolute Gasteiger partial charge is 0.191 e. The Labute approximate surface area is 147 Å². The molecule has 0 spiro atoms. The topological polar surface area (TPSA) is 58.1 Å². The Morgan fingerprint density at radius 2 is 2.12 bits per heavy atom. The van der Waals surface area contributed by atoms with Gasteiger partial charge in [-0.05, 0) is 39.2 Å². The quantitative estimate of drug-likeness (QED) is 0.320. The van der Waals surface area contributed by atoms with Crippen molar-refractivity contribution in [1.82, 2.24) is 15.5 Å². The minimum absolute atomic E-state index is 0.598. The number of hydrogen-bond acceptors (Lipinski definition) is 4. The van der Waals surface area contributed by atoms with Crippen LogP contribution in [0.3, 0.4) is 0 Å². The fraction of sp³-hybridized carbons (Fsp3) is 0.944. The highest BCUT2D eigenvalue weighted by Gasteiger charge is 2.27. The first-order chi connectivity index (χ1) is 11.8. The summed E-state index contributed by atoms with van der Waals surface area (Å²) in [6.07, 6.45) is 4.85. The van der Waals surface area contributed by atoms with Crippen LogP contribution in [0.25, 0.3) is 0 Å². The lowest BCUT2D eigenvalue weighted by Crippen LogP contribution is -2.42. The monoisotopic (exact) mass is 340 g/mol. The molecule has 140 valence electrons. The summed E-state index contributed by atoms with van der Waals surface area (Å²) in [5.41, 5.74) is 0. The summed E-state index contributed by atoms with van der Waals surface area (Å²) in [5.74, 6) is 1.52. The van der Waals surface area contributed by atoms with Gasteiger partial charge in [0, 0.05) is 51.4 Å². The minimum atomic E-state index is 0.598. The molecule has 2 rings (SSSR count). The van der Waals surface area contributed by atoms with Gasteiger partial charge in [0.05, 0.1) is 13.2 Å². The fourth-order valence-corrected chi connectivity index (χ4v) is 3.02. The van der Waals surface area contributed by atoms with Crippen LogP contribution >= 0.6 is 0 Å². The molecule has 6 nitrogen and oxygen atoms in total. The van der Waals surface area contributed by atoms with Crippen molar-refractivity contribution >= 4 is 5.96 Å². The average Bonchev–Trinajstić information content (AvgIpc) is 3.30. The summed E-state index contributed by atoms with van der Waals surface area (Å²) in [6.45, 7) is 12.6. The predicted molar refractivity (Wildman–Crippen MR) is 98.6 cm³/mol. The van der Waals surface area contributed by atoms with Crippen molar-refractivity contribution in [2.24, 2.45) is 10.9 Å². The van der Waals surface area contributed by atoms with Crippen LogP contribution in [-0.4, -0.2) is 76.1 Å². The summed E-state index contributed by atoms with van der Waals surface area (Å²) >= 11 is 0. The maximum Gasteiger partial charge on any atom is 0.191 e. The van der Waals surface area contributed by atoms with Crippen LogP contribution in [0.15, 0.2) is 4.99 Å². The first kappa shape index (κ1) is 19.5. The van der Waals surface area contributed by atoms with Crippen LogP contribution in [0.4, 0.5) is 0 Å². The summed E-state index contributed by atoms with van der Waals surface area (Å²) in [4.78, 5) is 7.19. The van der Waals surface area contributed by atoms with E-state index in [9.17, 15) is 0 Å². The van der Waals surface area contributed by atoms with Crippen molar-refractivity contribution in [1.29, 1.82) is 0 Å². The third kappa shape index (κ3) is 7.81. The Morgan fingerprint density at radius 3 is 2.79 bits per heavy atom. The van der Waals surface area contributed by atoms with Gasteiger partial charge >= 0.3 is 0 Å². The molecular weight excluding hydrogens is 304 g/mol. The Hall–Kier alpha value is -0.850. The number of nitrogens with one attached hydrogen (secondary N) is 2. The lowest BCUT2D eigenvalue weighted by Gasteiger charge is -2.20. The van der Waals surface area contributed by atoms with Gasteiger partial charge in [-0.15, -0.1) is 0 Å². The van der Waals surface area contributed by atoms with Gasteiger partial charge in [0.25, 0.3) is 0 Å². The molecule has 6 heteroatoms. The molecule has 0 radical (unpaired) electrons. The zero-order valence-electron chi connectivity index (χ0n) is 15.6. The molecular formula is C18H36N4O2. The van der Waals surface area contributed by atoms with Crippen LogP contribution in [0, 0.1) is 5.92 Å². The lowest BCUT2D eigenvalue weighted by atomic mass is 10.1. The van der Waals surface area contributed by atoms with Crippen molar-refractivity contribution in [2.75, 3.05) is 59.2 Å². The van der Waals surface area contributed by atoms with E-state index in [1.165, 1.54) is 12.8 Å². The number of nitrogens with zero attached hydrogens (tertiary/aromatic N) is 2. The molecule has 1 aliphatic heterocycles. The molecule has 0 aromatic heterocycles. The number of rotatable bonds is 12. The van der Waals surface area contributed by atoms with E-state index >= 15 is 0 Å². The van der Waals surface area contributed by atoms with E-state index in [2.05, 4.69) is 34.4 Å². The average molecular weight is 341 g/mol. The summed E-state index contributed by atoms with van der Waals surface area (Å²) < 4.78 is 11.1. The van der Waals surface area contributed by atoms with Crippen LogP contribution in [0.5, 0.6) is 0 Å². The van der Waals surface area contributed by atoms with E-state index in [-0.39, 0.29) is 0 Å². The van der Waals surface area contributed by atoms with Crippen molar-refractivity contribution in [3.8, 4) is 0 Å². The Balaban J connectivity index is 1.53. The maximum atomic E-state index is 5.72. The van der Waals surface area contributed by atoms with Gasteiger partial charge in [0.15, 0.2) is 5.96 Å². The zero-order valence-corrected chi connectivity index (χ0v) is 15.6. The van der Waals surface area contributed by atoms with E-state index in [1.54, 1.807) is 0 Å². The van der Waals surface area contributed by atoms with Crippen LogP contribution in [0.2, 0.25) is 0 Å². The Bertz CT molecular complexity index is 355. The second-order valence-corrected chi connectivity index (χ2v) is 6.71. The van der Waals surface area contributed by atoms with Gasteiger partial charge in [0.2, 0.25) is 0 Å². The van der Waals surface area contributed by atoms with E-state index in [0.29, 0.717) is 5.92 Å². The highest BCUT2D eigenvalue weighted by Crippen LogP contribution is 2.25. The first-order valence-corrected chi connectivity index (χ1v) is 9.75. The zero-order chi connectivity index (χ0) is 17.0. The van der Waals surface area contributed by atoms with E-state index in [4.69, 9.17) is 9.47 Å². The standard InChI is InChI=1S/C18H36N4O2/c1-3-19-18(21-10-11-22(4-2)17-6-7-17)20-9-5-12-23-14-16-8-13-24-15-16/h16-17H,3-15H2,1-2H3,(H2,19,20,21). The van der Waals surface area contributed by atoms with Gasteiger partial charge in [-0.25, -0.2) is 0 Å². The second kappa shape index (κ2) is 11.7. The van der Waals surface area contributed by atoms with Gasteiger partial charge in [-0.1, -0.05) is 6.92 Å². The molecule has 1 saturated carbocycles. The molecule has 24 heavy (non-hydrogen) atoms. The molecule has 0 bridgehead atoms. The minimum Gasteiger partial charge on any atom is -0.381 e.